The van der Waals surface area contributed by atoms with Gasteiger partial charge in [-0.1, -0.05) is 6.42 Å². The van der Waals surface area contributed by atoms with Crippen LogP contribution < -0.4 is 5.32 Å². The molecule has 0 atom stereocenters. The number of thioether (sulfide) groups is 1. The molecule has 0 radical (unpaired) electrons. The standard InChI is InChI=1S/C10H18N2S2/c1-13-6-4-2-3-5-11-7-10-8-12-9-14-10/h8-9,11H,2-7H2,1H3. The molecule has 0 saturated heterocycles. The Bertz CT molecular complexity index is 212. The largest absolute Gasteiger partial charge is 0.312 e. The SMILES string of the molecule is CSCCCCCNCc1cncs1. The van der Waals surface area contributed by atoms with Crippen molar-refractivity contribution in [1.29, 1.82) is 0 Å². The molecule has 1 aromatic rings. The molecule has 0 spiro atoms. The molecular formula is C10H18N2S2. The summed E-state index contributed by atoms with van der Waals surface area (Å²) in [5, 5.41) is 3.43. The average Bonchev–Trinajstić information content (AvgIpc) is 2.69. The van der Waals surface area contributed by atoms with Crippen LogP contribution in [0.25, 0.3) is 0 Å². The van der Waals surface area contributed by atoms with Crippen molar-refractivity contribution in [2.24, 2.45) is 0 Å². The fraction of sp³-hybridized carbons (Fsp3) is 0.700. The Kier molecular flexibility index (Phi) is 7.09. The zero-order valence-electron chi connectivity index (χ0n) is 8.66. The highest BCUT2D eigenvalue weighted by atomic mass is 32.2. The van der Waals surface area contributed by atoms with Crippen LogP contribution in [0.2, 0.25) is 0 Å². The highest BCUT2D eigenvalue weighted by molar-refractivity contribution is 7.98. The van der Waals surface area contributed by atoms with Crippen LogP contribution in [0.4, 0.5) is 0 Å². The van der Waals surface area contributed by atoms with Crippen molar-refractivity contribution >= 4 is 23.1 Å². The summed E-state index contributed by atoms with van der Waals surface area (Å²) < 4.78 is 0. The van der Waals surface area contributed by atoms with Crippen LogP contribution in [0.3, 0.4) is 0 Å². The summed E-state index contributed by atoms with van der Waals surface area (Å²) in [5.41, 5.74) is 1.88. The van der Waals surface area contributed by atoms with E-state index in [4.69, 9.17) is 0 Å². The van der Waals surface area contributed by atoms with E-state index in [1.807, 2.05) is 23.5 Å². The third-order valence-electron chi connectivity index (χ3n) is 1.98. The van der Waals surface area contributed by atoms with Gasteiger partial charge in [0.2, 0.25) is 0 Å². The summed E-state index contributed by atoms with van der Waals surface area (Å²) in [6, 6.07) is 0. The highest BCUT2D eigenvalue weighted by Crippen LogP contribution is 2.05. The van der Waals surface area contributed by atoms with Crippen LogP contribution >= 0.6 is 23.1 Å². The summed E-state index contributed by atoms with van der Waals surface area (Å²) in [7, 11) is 0. The lowest BCUT2D eigenvalue weighted by Crippen LogP contribution is -2.13. The van der Waals surface area contributed by atoms with Crippen molar-refractivity contribution < 1.29 is 0 Å². The van der Waals surface area contributed by atoms with E-state index < -0.39 is 0 Å². The minimum Gasteiger partial charge on any atom is -0.312 e. The maximum Gasteiger partial charge on any atom is 0.0794 e. The smallest absolute Gasteiger partial charge is 0.0794 e. The van der Waals surface area contributed by atoms with Gasteiger partial charge in [0.15, 0.2) is 0 Å². The maximum absolute atomic E-state index is 4.04. The highest BCUT2D eigenvalue weighted by Gasteiger charge is 1.93. The fourth-order valence-electron chi connectivity index (χ4n) is 1.21. The van der Waals surface area contributed by atoms with Crippen molar-refractivity contribution in [1.82, 2.24) is 10.3 Å². The zero-order chi connectivity index (χ0) is 10.1. The van der Waals surface area contributed by atoms with Crippen molar-refractivity contribution in [3.63, 3.8) is 0 Å². The monoisotopic (exact) mass is 230 g/mol. The minimum atomic E-state index is 0.979. The molecule has 0 saturated carbocycles. The number of thiazole rings is 1. The molecule has 1 aromatic heterocycles. The average molecular weight is 230 g/mol. The van der Waals surface area contributed by atoms with Crippen LogP contribution in [0.1, 0.15) is 24.1 Å². The fourth-order valence-corrected chi connectivity index (χ4v) is 2.27. The zero-order valence-corrected chi connectivity index (χ0v) is 10.3. The molecule has 0 aromatic carbocycles. The molecule has 1 rings (SSSR count). The number of nitrogens with one attached hydrogen (secondary N) is 1. The van der Waals surface area contributed by atoms with Crippen LogP contribution in [0, 0.1) is 0 Å². The molecule has 1 N–H and O–H groups in total. The third kappa shape index (κ3) is 5.62. The van der Waals surface area contributed by atoms with Gasteiger partial charge in [0.1, 0.15) is 0 Å². The van der Waals surface area contributed by atoms with E-state index >= 15 is 0 Å². The lowest BCUT2D eigenvalue weighted by molar-refractivity contribution is 0.622. The van der Waals surface area contributed by atoms with Gasteiger partial charge < -0.3 is 5.32 Å². The van der Waals surface area contributed by atoms with Crippen molar-refractivity contribution in [3.8, 4) is 0 Å². The molecule has 0 bridgehead atoms. The minimum absolute atomic E-state index is 0.979. The first-order chi connectivity index (χ1) is 6.93. The first kappa shape index (κ1) is 12.0. The Balaban J connectivity index is 1.85. The molecule has 14 heavy (non-hydrogen) atoms. The van der Waals surface area contributed by atoms with Crippen LogP contribution in [0.15, 0.2) is 11.7 Å². The lowest BCUT2D eigenvalue weighted by atomic mass is 10.2. The number of unbranched alkanes of at least 4 members (excludes halogenated alkanes) is 2. The van der Waals surface area contributed by atoms with Gasteiger partial charge in [-0.15, -0.1) is 11.3 Å². The van der Waals surface area contributed by atoms with E-state index in [0.29, 0.717) is 0 Å². The van der Waals surface area contributed by atoms with E-state index in [-0.39, 0.29) is 0 Å². The van der Waals surface area contributed by atoms with Crippen LogP contribution in [-0.2, 0) is 6.54 Å². The Morgan fingerprint density at radius 3 is 3.07 bits per heavy atom. The molecule has 1 heterocycles. The molecular weight excluding hydrogens is 212 g/mol. The van der Waals surface area contributed by atoms with Gasteiger partial charge >= 0.3 is 0 Å². The molecule has 4 heteroatoms. The van der Waals surface area contributed by atoms with E-state index in [0.717, 1.165) is 13.1 Å². The summed E-state index contributed by atoms with van der Waals surface area (Å²) >= 11 is 3.65. The maximum atomic E-state index is 4.04. The van der Waals surface area contributed by atoms with E-state index in [9.17, 15) is 0 Å². The van der Waals surface area contributed by atoms with E-state index in [2.05, 4.69) is 16.6 Å². The number of rotatable bonds is 8. The van der Waals surface area contributed by atoms with E-state index in [1.54, 1.807) is 11.3 Å². The van der Waals surface area contributed by atoms with Crippen LogP contribution in [0.5, 0.6) is 0 Å². The third-order valence-corrected chi connectivity index (χ3v) is 3.46. The Hall–Kier alpha value is -0.0600. The van der Waals surface area contributed by atoms with Gasteiger partial charge in [0, 0.05) is 17.6 Å². The molecule has 0 aliphatic rings. The number of hydrogen-bond donors (Lipinski definition) is 1. The Labute approximate surface area is 94.5 Å². The molecule has 80 valence electrons. The molecule has 0 unspecified atom stereocenters. The summed E-state index contributed by atoms with van der Waals surface area (Å²) in [4.78, 5) is 5.37. The quantitative estimate of drug-likeness (QED) is 0.695. The number of hydrogen-bond acceptors (Lipinski definition) is 4. The second-order valence-electron chi connectivity index (χ2n) is 3.20. The predicted molar refractivity (Wildman–Crippen MR) is 66.1 cm³/mol. The molecule has 0 aliphatic heterocycles. The van der Waals surface area contributed by atoms with Gasteiger partial charge in [-0.3, -0.25) is 4.98 Å². The van der Waals surface area contributed by atoms with Crippen molar-refractivity contribution in [3.05, 3.63) is 16.6 Å². The van der Waals surface area contributed by atoms with Gasteiger partial charge in [-0.2, -0.15) is 11.8 Å². The Morgan fingerprint density at radius 1 is 1.43 bits per heavy atom. The summed E-state index contributed by atoms with van der Waals surface area (Å²) in [6.45, 7) is 2.11. The second kappa shape index (κ2) is 8.26. The molecule has 0 amide bonds. The summed E-state index contributed by atoms with van der Waals surface area (Å²) in [5.74, 6) is 1.30. The number of aromatic nitrogens is 1. The molecule has 2 nitrogen and oxygen atoms in total. The van der Waals surface area contributed by atoms with Crippen molar-refractivity contribution in [2.75, 3.05) is 18.6 Å². The topological polar surface area (TPSA) is 24.9 Å². The van der Waals surface area contributed by atoms with Gasteiger partial charge in [-0.25, -0.2) is 0 Å². The number of nitrogens with zero attached hydrogens (tertiary/aromatic N) is 1. The first-order valence-corrected chi connectivity index (χ1v) is 7.28. The van der Waals surface area contributed by atoms with Gasteiger partial charge in [-0.05, 0) is 31.4 Å². The molecule has 0 aliphatic carbocycles. The predicted octanol–water partition coefficient (Wildman–Crippen LogP) is 2.77. The normalized spacial score (nSPS) is 10.6. The second-order valence-corrected chi connectivity index (χ2v) is 5.15. The summed E-state index contributed by atoms with van der Waals surface area (Å²) in [6.07, 6.45) is 8.09. The van der Waals surface area contributed by atoms with Crippen LogP contribution in [-0.4, -0.2) is 23.5 Å². The first-order valence-electron chi connectivity index (χ1n) is 5.00. The molecule has 0 fully saturated rings. The van der Waals surface area contributed by atoms with Crippen molar-refractivity contribution in [2.45, 2.75) is 25.8 Å². The van der Waals surface area contributed by atoms with Gasteiger partial charge in [0.05, 0.1) is 5.51 Å². The lowest BCUT2D eigenvalue weighted by Gasteiger charge is -2.02. The Morgan fingerprint density at radius 2 is 2.36 bits per heavy atom. The van der Waals surface area contributed by atoms with Gasteiger partial charge in [0.25, 0.3) is 0 Å². The van der Waals surface area contributed by atoms with E-state index in [1.165, 1.54) is 29.9 Å².